The van der Waals surface area contributed by atoms with E-state index in [4.69, 9.17) is 33.5 Å². The molecule has 120 valence electrons. The standard InChI is InChI=1S/C16H15Cl2N3O2/c1-3-9-6-10(16(22)21(19)8(9)2)7-13-20-14-11(17)4-5-12(18)15(14)23-13/h4-6H,3,7,19H2,1-2H3. The number of hydrogen-bond donors (Lipinski definition) is 1. The second-order valence-electron chi connectivity index (χ2n) is 5.30. The maximum Gasteiger partial charge on any atom is 0.272 e. The SMILES string of the molecule is CCc1cc(Cc2nc3c(Cl)ccc(Cl)c3o2)c(=O)n(N)c1C. The lowest BCUT2D eigenvalue weighted by atomic mass is 10.1. The van der Waals surface area contributed by atoms with E-state index in [9.17, 15) is 4.79 Å². The van der Waals surface area contributed by atoms with E-state index in [2.05, 4.69) is 4.98 Å². The van der Waals surface area contributed by atoms with Crippen LogP contribution in [0.5, 0.6) is 0 Å². The van der Waals surface area contributed by atoms with Crippen molar-refractivity contribution in [2.45, 2.75) is 26.7 Å². The van der Waals surface area contributed by atoms with Crippen LogP contribution < -0.4 is 11.4 Å². The van der Waals surface area contributed by atoms with Crippen molar-refractivity contribution in [2.24, 2.45) is 0 Å². The summed E-state index contributed by atoms with van der Waals surface area (Å²) in [6.45, 7) is 3.83. The van der Waals surface area contributed by atoms with E-state index >= 15 is 0 Å². The maximum atomic E-state index is 12.3. The zero-order valence-electron chi connectivity index (χ0n) is 12.7. The highest BCUT2D eigenvalue weighted by atomic mass is 35.5. The van der Waals surface area contributed by atoms with E-state index < -0.39 is 0 Å². The largest absolute Gasteiger partial charge is 0.439 e. The molecule has 0 saturated carbocycles. The predicted octanol–water partition coefficient (Wildman–Crippen LogP) is 3.47. The number of hydrogen-bond acceptors (Lipinski definition) is 4. The summed E-state index contributed by atoms with van der Waals surface area (Å²) in [6.07, 6.45) is 1.01. The van der Waals surface area contributed by atoms with Gasteiger partial charge in [-0.05, 0) is 37.1 Å². The van der Waals surface area contributed by atoms with E-state index in [-0.39, 0.29) is 12.0 Å². The topological polar surface area (TPSA) is 74.0 Å². The van der Waals surface area contributed by atoms with Gasteiger partial charge in [0.25, 0.3) is 5.56 Å². The molecule has 5 nitrogen and oxygen atoms in total. The van der Waals surface area contributed by atoms with Gasteiger partial charge in [0.2, 0.25) is 0 Å². The maximum absolute atomic E-state index is 12.3. The van der Waals surface area contributed by atoms with Crippen LogP contribution in [0.4, 0.5) is 0 Å². The van der Waals surface area contributed by atoms with Crippen LogP contribution in [0.1, 0.15) is 29.6 Å². The minimum atomic E-state index is -0.265. The Morgan fingerprint density at radius 3 is 2.61 bits per heavy atom. The molecule has 0 aliphatic carbocycles. The van der Waals surface area contributed by atoms with E-state index in [1.165, 1.54) is 0 Å². The van der Waals surface area contributed by atoms with Crippen molar-refractivity contribution < 1.29 is 4.42 Å². The fourth-order valence-corrected chi connectivity index (χ4v) is 2.93. The summed E-state index contributed by atoms with van der Waals surface area (Å²) in [6, 6.07) is 5.15. The Bertz CT molecular complexity index is 921. The van der Waals surface area contributed by atoms with Gasteiger partial charge in [0.05, 0.1) is 16.5 Å². The van der Waals surface area contributed by atoms with Gasteiger partial charge in [0.1, 0.15) is 5.52 Å². The first-order chi connectivity index (χ1) is 10.9. The first-order valence-electron chi connectivity index (χ1n) is 7.15. The van der Waals surface area contributed by atoms with Gasteiger partial charge in [0.15, 0.2) is 11.5 Å². The van der Waals surface area contributed by atoms with Crippen molar-refractivity contribution in [3.8, 4) is 0 Å². The van der Waals surface area contributed by atoms with Crippen molar-refractivity contribution in [1.82, 2.24) is 9.66 Å². The third kappa shape index (κ3) is 2.71. The molecule has 0 bridgehead atoms. The molecule has 2 N–H and O–H groups in total. The molecule has 0 aliphatic rings. The van der Waals surface area contributed by atoms with Crippen LogP contribution in [0.2, 0.25) is 10.0 Å². The fraction of sp³-hybridized carbons (Fsp3) is 0.250. The quantitative estimate of drug-likeness (QED) is 0.733. The number of halogens is 2. The number of rotatable bonds is 3. The molecule has 0 aliphatic heterocycles. The van der Waals surface area contributed by atoms with Crippen LogP contribution in [0, 0.1) is 6.92 Å². The molecule has 0 radical (unpaired) electrons. The normalized spacial score (nSPS) is 11.3. The molecule has 23 heavy (non-hydrogen) atoms. The molecule has 7 heteroatoms. The number of aromatic nitrogens is 2. The van der Waals surface area contributed by atoms with Crippen molar-refractivity contribution in [3.05, 3.63) is 61.3 Å². The Morgan fingerprint density at radius 1 is 1.26 bits per heavy atom. The van der Waals surface area contributed by atoms with E-state index in [1.54, 1.807) is 12.1 Å². The van der Waals surface area contributed by atoms with E-state index in [0.29, 0.717) is 32.6 Å². The second-order valence-corrected chi connectivity index (χ2v) is 6.11. The molecule has 3 rings (SSSR count). The molecule has 2 aromatic heterocycles. The Balaban J connectivity index is 2.09. The van der Waals surface area contributed by atoms with Gasteiger partial charge in [-0.15, -0.1) is 0 Å². The summed E-state index contributed by atoms with van der Waals surface area (Å²) in [5.74, 6) is 6.22. The second kappa shape index (κ2) is 5.91. The molecule has 0 fully saturated rings. The smallest absolute Gasteiger partial charge is 0.272 e. The zero-order valence-corrected chi connectivity index (χ0v) is 14.2. The van der Waals surface area contributed by atoms with Crippen molar-refractivity contribution in [3.63, 3.8) is 0 Å². The first kappa shape index (κ1) is 15.9. The van der Waals surface area contributed by atoms with Crippen molar-refractivity contribution in [2.75, 3.05) is 5.84 Å². The highest BCUT2D eigenvalue weighted by molar-refractivity contribution is 6.39. The molecule has 0 unspecified atom stereocenters. The highest BCUT2D eigenvalue weighted by Crippen LogP contribution is 2.30. The monoisotopic (exact) mass is 351 g/mol. The van der Waals surface area contributed by atoms with Crippen molar-refractivity contribution in [1.29, 1.82) is 0 Å². The summed E-state index contributed by atoms with van der Waals surface area (Å²) in [5.41, 5.74) is 2.93. The third-order valence-electron chi connectivity index (χ3n) is 3.88. The number of benzene rings is 1. The minimum Gasteiger partial charge on any atom is -0.439 e. The average Bonchev–Trinajstić information content (AvgIpc) is 2.97. The predicted molar refractivity (Wildman–Crippen MR) is 91.8 cm³/mol. The lowest BCUT2D eigenvalue weighted by Crippen LogP contribution is -2.32. The van der Waals surface area contributed by atoms with Gasteiger partial charge in [-0.25, -0.2) is 9.66 Å². The van der Waals surface area contributed by atoms with Crippen LogP contribution in [0.3, 0.4) is 0 Å². The van der Waals surface area contributed by atoms with Gasteiger partial charge in [-0.1, -0.05) is 30.1 Å². The van der Waals surface area contributed by atoms with Crippen LogP contribution in [0.15, 0.2) is 27.4 Å². The van der Waals surface area contributed by atoms with Crippen LogP contribution in [-0.2, 0) is 12.8 Å². The molecule has 0 atom stereocenters. The summed E-state index contributed by atoms with van der Waals surface area (Å²) in [7, 11) is 0. The lowest BCUT2D eigenvalue weighted by Gasteiger charge is -2.10. The number of pyridine rings is 1. The lowest BCUT2D eigenvalue weighted by molar-refractivity contribution is 0.542. The summed E-state index contributed by atoms with van der Waals surface area (Å²) >= 11 is 12.2. The number of nitrogens with two attached hydrogens (primary N) is 1. The molecule has 1 aromatic carbocycles. The molecule has 0 saturated heterocycles. The number of nitrogens with zero attached hydrogens (tertiary/aromatic N) is 2. The Morgan fingerprint density at radius 2 is 1.96 bits per heavy atom. The average molecular weight is 352 g/mol. The molecule has 0 amide bonds. The molecule has 2 heterocycles. The zero-order chi connectivity index (χ0) is 16.7. The van der Waals surface area contributed by atoms with Gasteiger partial charge < -0.3 is 10.3 Å². The fourth-order valence-electron chi connectivity index (χ4n) is 2.55. The Kier molecular flexibility index (Phi) is 4.08. The van der Waals surface area contributed by atoms with Crippen LogP contribution in [0.25, 0.3) is 11.1 Å². The van der Waals surface area contributed by atoms with Gasteiger partial charge in [0, 0.05) is 11.3 Å². The van der Waals surface area contributed by atoms with Crippen LogP contribution in [-0.4, -0.2) is 9.66 Å². The number of nitrogen functional groups attached to an aromatic ring is 1. The summed E-state index contributed by atoms with van der Waals surface area (Å²) in [4.78, 5) is 16.7. The van der Waals surface area contributed by atoms with Crippen molar-refractivity contribution >= 4 is 34.3 Å². The first-order valence-corrected chi connectivity index (χ1v) is 7.90. The summed E-state index contributed by atoms with van der Waals surface area (Å²) in [5, 5.41) is 0.881. The number of aryl methyl sites for hydroxylation is 1. The Hall–Kier alpha value is -1.98. The number of fused-ring (bicyclic) bond motifs is 1. The molecular formula is C16H15Cl2N3O2. The van der Waals surface area contributed by atoms with E-state index in [1.807, 2.05) is 19.9 Å². The third-order valence-corrected chi connectivity index (χ3v) is 4.48. The molecular weight excluding hydrogens is 337 g/mol. The summed E-state index contributed by atoms with van der Waals surface area (Å²) < 4.78 is 6.83. The van der Waals surface area contributed by atoms with Gasteiger partial charge in [-0.3, -0.25) is 4.79 Å². The van der Waals surface area contributed by atoms with Gasteiger partial charge >= 0.3 is 0 Å². The molecule has 0 spiro atoms. The molecule has 3 aromatic rings. The minimum absolute atomic E-state index is 0.227. The van der Waals surface area contributed by atoms with E-state index in [0.717, 1.165) is 22.4 Å². The number of oxazole rings is 1. The van der Waals surface area contributed by atoms with Gasteiger partial charge in [-0.2, -0.15) is 0 Å². The Labute approximate surface area is 142 Å². The van der Waals surface area contributed by atoms with Crippen LogP contribution >= 0.6 is 23.2 Å². The highest BCUT2D eigenvalue weighted by Gasteiger charge is 2.16.